The van der Waals surface area contributed by atoms with Crippen LogP contribution in [0, 0.1) is 0 Å². The molecule has 0 atom stereocenters. The van der Waals surface area contributed by atoms with E-state index >= 15 is 0 Å². The van der Waals surface area contributed by atoms with Crippen molar-refractivity contribution in [2.45, 2.75) is 57.5 Å². The van der Waals surface area contributed by atoms with Crippen molar-refractivity contribution in [1.29, 1.82) is 0 Å². The minimum absolute atomic E-state index is 0.0143. The molecule has 2 amide bonds. The number of rotatable bonds is 10. The Kier molecular flexibility index (Phi) is 8.73. The smallest absolute Gasteiger partial charge is 0.449 e. The number of nitrogens with one attached hydrogen (secondary N) is 2. The summed E-state index contributed by atoms with van der Waals surface area (Å²) in [6.07, 6.45) is 1.22. The summed E-state index contributed by atoms with van der Waals surface area (Å²) in [5.74, 6) is 1.04. The summed E-state index contributed by atoms with van der Waals surface area (Å²) in [5.41, 5.74) is 3.26. The average molecular weight is 565 g/mol. The number of imidazole rings is 1. The summed E-state index contributed by atoms with van der Waals surface area (Å²) < 4.78 is 35.1. The summed E-state index contributed by atoms with van der Waals surface area (Å²) in [4.78, 5) is 28.2. The molecule has 40 heavy (non-hydrogen) atoms. The number of amides is 2. The van der Waals surface area contributed by atoms with Gasteiger partial charge < -0.3 is 19.7 Å². The van der Waals surface area contributed by atoms with Crippen LogP contribution in [0.15, 0.2) is 71.6 Å². The number of aromatic nitrogens is 2. The number of carbonyl (C=O) groups excluding carboxylic acids is 1. The molecule has 0 fully saturated rings. The molecule has 3 aromatic carbocycles. The summed E-state index contributed by atoms with van der Waals surface area (Å²) >= 11 is 0. The van der Waals surface area contributed by atoms with Crippen molar-refractivity contribution in [3.63, 3.8) is 0 Å². The molecule has 0 bridgehead atoms. The van der Waals surface area contributed by atoms with E-state index in [-0.39, 0.29) is 16.7 Å². The van der Waals surface area contributed by atoms with E-state index < -0.39 is 22.2 Å². The standard InChI is InChI=1S/C29H32N4O6S/c1-4-5-13-26-31-23-10-8-11-24(39-29(35)36)27(23)33(26)18-20-14-16-21(17-15-20)22-9-6-7-12-25(22)40(37,38)32-28(34)30-19(2)3/h6-12,14-17,19H,4-5,13,18H2,1-3H3,(H,35,36)(H2,30,32,34). The third-order valence-corrected chi connectivity index (χ3v) is 7.58. The second kappa shape index (κ2) is 12.2. The molecular weight excluding hydrogens is 532 g/mol. The van der Waals surface area contributed by atoms with Gasteiger partial charge in [0.2, 0.25) is 0 Å². The molecule has 1 aromatic heterocycles. The minimum atomic E-state index is -4.12. The summed E-state index contributed by atoms with van der Waals surface area (Å²) in [6.45, 7) is 5.98. The molecule has 0 radical (unpaired) electrons. The third-order valence-electron chi connectivity index (χ3n) is 6.19. The topological polar surface area (TPSA) is 140 Å². The van der Waals surface area contributed by atoms with Crippen molar-refractivity contribution in [2.24, 2.45) is 0 Å². The van der Waals surface area contributed by atoms with Gasteiger partial charge in [0.15, 0.2) is 5.75 Å². The van der Waals surface area contributed by atoms with Gasteiger partial charge in [-0.3, -0.25) is 0 Å². The predicted molar refractivity (Wildman–Crippen MR) is 152 cm³/mol. The first-order chi connectivity index (χ1) is 19.1. The zero-order valence-corrected chi connectivity index (χ0v) is 23.4. The first-order valence-electron chi connectivity index (χ1n) is 13.0. The van der Waals surface area contributed by atoms with Crippen LogP contribution in [-0.4, -0.2) is 41.3 Å². The maximum absolute atomic E-state index is 13.0. The second-order valence-corrected chi connectivity index (χ2v) is 11.3. The Morgan fingerprint density at radius 3 is 2.42 bits per heavy atom. The number of unbranched alkanes of at least 4 members (excludes halogenated alkanes) is 1. The van der Waals surface area contributed by atoms with E-state index in [0.717, 1.165) is 30.7 Å². The van der Waals surface area contributed by atoms with E-state index in [9.17, 15) is 23.1 Å². The lowest BCUT2D eigenvalue weighted by Crippen LogP contribution is -2.42. The van der Waals surface area contributed by atoms with Gasteiger partial charge in [-0.15, -0.1) is 0 Å². The summed E-state index contributed by atoms with van der Waals surface area (Å²) in [7, 11) is -4.12. The highest BCUT2D eigenvalue weighted by atomic mass is 32.2. The maximum atomic E-state index is 13.0. The Balaban J connectivity index is 1.67. The van der Waals surface area contributed by atoms with Gasteiger partial charge in [0.1, 0.15) is 11.3 Å². The molecule has 0 saturated heterocycles. The number of ether oxygens (including phenoxy) is 1. The van der Waals surface area contributed by atoms with Crippen molar-refractivity contribution in [3.05, 3.63) is 78.1 Å². The van der Waals surface area contributed by atoms with Gasteiger partial charge in [-0.25, -0.2) is 27.7 Å². The van der Waals surface area contributed by atoms with Gasteiger partial charge in [-0.1, -0.05) is 61.9 Å². The molecule has 0 aliphatic heterocycles. The monoisotopic (exact) mass is 564 g/mol. The number of carbonyl (C=O) groups is 2. The number of aryl methyl sites for hydroxylation is 1. The van der Waals surface area contributed by atoms with Crippen molar-refractivity contribution in [2.75, 3.05) is 0 Å². The SMILES string of the molecule is CCCCc1nc2cccc(OC(=O)O)c2n1Cc1ccc(-c2ccccc2S(=O)(=O)NC(=O)NC(C)C)cc1. The highest BCUT2D eigenvalue weighted by Gasteiger charge is 2.22. The average Bonchev–Trinajstić information content (AvgIpc) is 3.24. The first kappa shape index (κ1) is 28.6. The van der Waals surface area contributed by atoms with Crippen molar-refractivity contribution in [1.82, 2.24) is 19.6 Å². The minimum Gasteiger partial charge on any atom is -0.449 e. The molecule has 0 aliphatic rings. The number of fused-ring (bicyclic) bond motifs is 1. The zero-order chi connectivity index (χ0) is 28.9. The van der Waals surface area contributed by atoms with Crippen molar-refractivity contribution in [3.8, 4) is 16.9 Å². The lowest BCUT2D eigenvalue weighted by Gasteiger charge is -2.14. The van der Waals surface area contributed by atoms with E-state index in [1.807, 2.05) is 34.9 Å². The fourth-order valence-electron chi connectivity index (χ4n) is 4.45. The lowest BCUT2D eigenvalue weighted by atomic mass is 10.0. The van der Waals surface area contributed by atoms with Crippen LogP contribution in [-0.2, 0) is 23.0 Å². The zero-order valence-electron chi connectivity index (χ0n) is 22.5. The van der Waals surface area contributed by atoms with Crippen LogP contribution in [0.3, 0.4) is 0 Å². The van der Waals surface area contributed by atoms with Gasteiger partial charge in [-0.05, 0) is 49.6 Å². The van der Waals surface area contributed by atoms with Crippen LogP contribution in [0.1, 0.15) is 45.0 Å². The van der Waals surface area contributed by atoms with E-state index in [1.165, 1.54) is 6.07 Å². The number of carboxylic acid groups (broad SMARTS) is 1. The number of para-hydroxylation sites is 1. The van der Waals surface area contributed by atoms with Gasteiger partial charge in [-0.2, -0.15) is 0 Å². The predicted octanol–water partition coefficient (Wildman–Crippen LogP) is 5.55. The molecule has 0 saturated carbocycles. The van der Waals surface area contributed by atoms with Crippen LogP contribution in [0.5, 0.6) is 5.75 Å². The number of benzene rings is 3. The van der Waals surface area contributed by atoms with Crippen LogP contribution >= 0.6 is 0 Å². The van der Waals surface area contributed by atoms with E-state index in [2.05, 4.69) is 17.0 Å². The van der Waals surface area contributed by atoms with Gasteiger partial charge in [0, 0.05) is 24.6 Å². The third kappa shape index (κ3) is 6.60. The largest absolute Gasteiger partial charge is 0.511 e. The molecular formula is C29H32N4O6S. The first-order valence-corrected chi connectivity index (χ1v) is 14.5. The Labute approximate surface area is 233 Å². The lowest BCUT2D eigenvalue weighted by molar-refractivity contribution is 0.145. The number of hydrogen-bond acceptors (Lipinski definition) is 6. The molecule has 0 unspecified atom stereocenters. The molecule has 1 heterocycles. The fraction of sp³-hybridized carbons (Fsp3) is 0.276. The molecule has 11 heteroatoms. The summed E-state index contributed by atoms with van der Waals surface area (Å²) in [6, 6.07) is 18.0. The van der Waals surface area contributed by atoms with Crippen LogP contribution in [0.2, 0.25) is 0 Å². The Morgan fingerprint density at radius 1 is 1.02 bits per heavy atom. The highest BCUT2D eigenvalue weighted by molar-refractivity contribution is 7.90. The second-order valence-electron chi connectivity index (χ2n) is 9.64. The van der Waals surface area contributed by atoms with Crippen molar-refractivity contribution < 1.29 is 27.9 Å². The normalized spacial score (nSPS) is 11.5. The number of hydrogen-bond donors (Lipinski definition) is 3. The Morgan fingerprint density at radius 2 is 1.75 bits per heavy atom. The number of urea groups is 1. The van der Waals surface area contributed by atoms with E-state index in [0.29, 0.717) is 28.7 Å². The molecule has 0 spiro atoms. The van der Waals surface area contributed by atoms with Gasteiger partial charge in [0.05, 0.1) is 10.4 Å². The molecule has 4 rings (SSSR count). The van der Waals surface area contributed by atoms with Crippen molar-refractivity contribution >= 4 is 33.2 Å². The molecule has 10 nitrogen and oxygen atoms in total. The summed E-state index contributed by atoms with van der Waals surface area (Å²) in [5, 5.41) is 11.8. The van der Waals surface area contributed by atoms with Gasteiger partial charge >= 0.3 is 12.2 Å². The van der Waals surface area contributed by atoms with Crippen LogP contribution in [0.25, 0.3) is 22.2 Å². The fourth-order valence-corrected chi connectivity index (χ4v) is 5.60. The van der Waals surface area contributed by atoms with Crippen LogP contribution < -0.4 is 14.8 Å². The highest BCUT2D eigenvalue weighted by Crippen LogP contribution is 2.30. The quantitative estimate of drug-likeness (QED) is 0.170. The molecule has 210 valence electrons. The Hall–Kier alpha value is -4.38. The number of nitrogens with zero attached hydrogens (tertiary/aromatic N) is 2. The van der Waals surface area contributed by atoms with E-state index in [4.69, 9.17) is 9.72 Å². The molecule has 3 N–H and O–H groups in total. The van der Waals surface area contributed by atoms with Crippen LogP contribution in [0.4, 0.5) is 9.59 Å². The Bertz CT molecular complexity index is 1630. The molecule has 0 aliphatic carbocycles. The number of sulfonamides is 1. The van der Waals surface area contributed by atoms with E-state index in [1.54, 1.807) is 44.2 Å². The van der Waals surface area contributed by atoms with Gasteiger partial charge in [0.25, 0.3) is 10.0 Å². The molecule has 4 aromatic rings. The maximum Gasteiger partial charge on any atom is 0.511 e.